The van der Waals surface area contributed by atoms with E-state index in [0.29, 0.717) is 24.0 Å². The van der Waals surface area contributed by atoms with E-state index in [2.05, 4.69) is 33.7 Å². The molecule has 23 heavy (non-hydrogen) atoms. The molecule has 122 valence electrons. The summed E-state index contributed by atoms with van der Waals surface area (Å²) in [4.78, 5) is 21.1. The molecule has 0 unspecified atom stereocenters. The largest absolute Gasteiger partial charge is 0.477 e. The van der Waals surface area contributed by atoms with E-state index in [-0.39, 0.29) is 11.9 Å². The van der Waals surface area contributed by atoms with E-state index in [1.165, 1.54) is 0 Å². The summed E-state index contributed by atoms with van der Waals surface area (Å²) in [6, 6.07) is 3.61. The van der Waals surface area contributed by atoms with Crippen LogP contribution < -0.4 is 10.1 Å². The Kier molecular flexibility index (Phi) is 4.60. The molecule has 1 aliphatic heterocycles. The van der Waals surface area contributed by atoms with E-state index in [0.717, 1.165) is 25.2 Å². The van der Waals surface area contributed by atoms with Crippen LogP contribution >= 0.6 is 0 Å². The number of ether oxygens (including phenoxy) is 1. The Morgan fingerprint density at radius 1 is 1.43 bits per heavy atom. The average molecular weight is 314 g/mol. The number of hydrogen-bond acceptors (Lipinski definition) is 4. The third-order valence-electron chi connectivity index (χ3n) is 3.84. The number of nitrogens with zero attached hydrogens (tertiary/aromatic N) is 3. The fourth-order valence-electron chi connectivity index (χ4n) is 2.67. The maximum atomic E-state index is 12.6. The Bertz CT molecular complexity index is 681. The number of hydrogen-bond donors (Lipinski definition) is 1. The van der Waals surface area contributed by atoms with Gasteiger partial charge in [-0.3, -0.25) is 4.79 Å². The van der Waals surface area contributed by atoms with Crippen molar-refractivity contribution < 1.29 is 9.53 Å². The Morgan fingerprint density at radius 3 is 3.13 bits per heavy atom. The van der Waals surface area contributed by atoms with Gasteiger partial charge in [0.2, 0.25) is 5.88 Å². The van der Waals surface area contributed by atoms with E-state index in [1.54, 1.807) is 24.5 Å². The second kappa shape index (κ2) is 6.81. The summed E-state index contributed by atoms with van der Waals surface area (Å²) < 4.78 is 7.76. The molecular weight excluding hydrogens is 292 g/mol. The van der Waals surface area contributed by atoms with Crippen molar-refractivity contribution in [1.82, 2.24) is 19.9 Å². The summed E-state index contributed by atoms with van der Waals surface area (Å²) in [6.07, 6.45) is 7.17. The molecule has 0 aromatic carbocycles. The van der Waals surface area contributed by atoms with Gasteiger partial charge in [0.05, 0.1) is 6.61 Å². The van der Waals surface area contributed by atoms with E-state index in [4.69, 9.17) is 4.74 Å². The highest BCUT2D eigenvalue weighted by molar-refractivity contribution is 5.96. The fraction of sp³-hybridized carbons (Fsp3) is 0.471. The summed E-state index contributed by atoms with van der Waals surface area (Å²) in [5, 5.41) is 3.09. The van der Waals surface area contributed by atoms with Crippen molar-refractivity contribution in [1.29, 1.82) is 0 Å². The topological polar surface area (TPSA) is 69.0 Å². The number of carbonyl (C=O) groups excluding carboxylic acids is 1. The first-order valence-corrected chi connectivity index (χ1v) is 8.02. The van der Waals surface area contributed by atoms with Gasteiger partial charge in [-0.05, 0) is 24.5 Å². The number of fused-ring (bicyclic) bond motifs is 1. The number of nitrogens with one attached hydrogen (secondary N) is 1. The second-order valence-corrected chi connectivity index (χ2v) is 6.27. The molecule has 3 rings (SSSR count). The maximum Gasteiger partial charge on any atom is 0.257 e. The molecular formula is C17H22N4O2. The predicted molar refractivity (Wildman–Crippen MR) is 86.4 cm³/mol. The average Bonchev–Trinajstić information content (AvgIpc) is 3.00. The predicted octanol–water partition coefficient (Wildman–Crippen LogP) is 2.06. The van der Waals surface area contributed by atoms with Gasteiger partial charge in [0.25, 0.3) is 5.91 Å². The Morgan fingerprint density at radius 2 is 2.30 bits per heavy atom. The fourth-order valence-corrected chi connectivity index (χ4v) is 2.67. The minimum atomic E-state index is -0.134. The van der Waals surface area contributed by atoms with Crippen molar-refractivity contribution in [3.05, 3.63) is 42.1 Å². The minimum absolute atomic E-state index is 0.0994. The van der Waals surface area contributed by atoms with Crippen molar-refractivity contribution in [2.45, 2.75) is 39.3 Å². The van der Waals surface area contributed by atoms with Crippen LogP contribution in [-0.2, 0) is 13.0 Å². The molecule has 0 aliphatic carbocycles. The van der Waals surface area contributed by atoms with Crippen LogP contribution in [0.5, 0.6) is 5.88 Å². The molecule has 0 saturated carbocycles. The third-order valence-corrected chi connectivity index (χ3v) is 3.84. The molecule has 2 aromatic rings. The molecule has 6 heteroatoms. The molecule has 1 aliphatic rings. The number of amides is 1. The summed E-state index contributed by atoms with van der Waals surface area (Å²) in [5.74, 6) is 1.73. The lowest BCUT2D eigenvalue weighted by Crippen LogP contribution is -2.41. The standard InChI is InChI=1S/C17H22N4O2/c1-12(2)11-23-17-14(4-3-7-19-17)16(22)20-13-5-6-15-18-8-9-21(15)10-13/h3-4,7-9,12-13H,5-6,10-11H2,1-2H3,(H,20,22)/t13-/m1/s1. The molecule has 0 bridgehead atoms. The van der Waals surface area contributed by atoms with Gasteiger partial charge < -0.3 is 14.6 Å². The summed E-state index contributed by atoms with van der Waals surface area (Å²) in [5.41, 5.74) is 0.490. The van der Waals surface area contributed by atoms with Crippen LogP contribution in [0, 0.1) is 5.92 Å². The highest BCUT2D eigenvalue weighted by atomic mass is 16.5. The first-order valence-electron chi connectivity index (χ1n) is 8.02. The van der Waals surface area contributed by atoms with Crippen LogP contribution in [0.4, 0.5) is 0 Å². The van der Waals surface area contributed by atoms with Crippen LogP contribution in [0.25, 0.3) is 0 Å². The van der Waals surface area contributed by atoms with Gasteiger partial charge in [-0.1, -0.05) is 13.8 Å². The van der Waals surface area contributed by atoms with Crippen molar-refractivity contribution in [2.75, 3.05) is 6.61 Å². The normalized spacial score (nSPS) is 16.9. The number of imidazole rings is 1. The van der Waals surface area contributed by atoms with Crippen LogP contribution in [0.15, 0.2) is 30.7 Å². The Balaban J connectivity index is 1.67. The van der Waals surface area contributed by atoms with E-state index in [1.807, 2.05) is 6.20 Å². The third kappa shape index (κ3) is 3.70. The number of aromatic nitrogens is 3. The molecule has 1 atom stereocenters. The van der Waals surface area contributed by atoms with Crippen molar-refractivity contribution in [3.8, 4) is 5.88 Å². The smallest absolute Gasteiger partial charge is 0.257 e. The molecule has 0 spiro atoms. The lowest BCUT2D eigenvalue weighted by molar-refractivity contribution is 0.0921. The maximum absolute atomic E-state index is 12.6. The summed E-state index contributed by atoms with van der Waals surface area (Å²) in [7, 11) is 0. The van der Waals surface area contributed by atoms with Crippen molar-refractivity contribution >= 4 is 5.91 Å². The van der Waals surface area contributed by atoms with Gasteiger partial charge in [0, 0.05) is 37.6 Å². The highest BCUT2D eigenvalue weighted by Gasteiger charge is 2.22. The van der Waals surface area contributed by atoms with E-state index in [9.17, 15) is 4.79 Å². The van der Waals surface area contributed by atoms with Gasteiger partial charge in [-0.2, -0.15) is 0 Å². The molecule has 1 N–H and O–H groups in total. The van der Waals surface area contributed by atoms with E-state index < -0.39 is 0 Å². The number of aryl methyl sites for hydroxylation is 1. The Hall–Kier alpha value is -2.37. The molecule has 0 saturated heterocycles. The van der Waals surface area contributed by atoms with Crippen molar-refractivity contribution in [2.24, 2.45) is 5.92 Å². The van der Waals surface area contributed by atoms with Crippen LogP contribution in [-0.4, -0.2) is 33.1 Å². The van der Waals surface area contributed by atoms with Gasteiger partial charge >= 0.3 is 0 Å². The number of pyridine rings is 1. The monoisotopic (exact) mass is 314 g/mol. The lowest BCUT2D eigenvalue weighted by Gasteiger charge is -2.25. The van der Waals surface area contributed by atoms with E-state index >= 15 is 0 Å². The van der Waals surface area contributed by atoms with Crippen LogP contribution in [0.1, 0.15) is 36.5 Å². The molecule has 2 aromatic heterocycles. The van der Waals surface area contributed by atoms with Crippen molar-refractivity contribution in [3.63, 3.8) is 0 Å². The second-order valence-electron chi connectivity index (χ2n) is 6.27. The van der Waals surface area contributed by atoms with Gasteiger partial charge in [0.15, 0.2) is 0 Å². The first-order chi connectivity index (χ1) is 11.1. The summed E-state index contributed by atoms with van der Waals surface area (Å²) >= 11 is 0. The zero-order valence-electron chi connectivity index (χ0n) is 13.5. The Labute approximate surface area is 135 Å². The molecule has 0 fully saturated rings. The SMILES string of the molecule is CC(C)COc1ncccc1C(=O)N[C@@H]1CCc2nccn2C1. The minimum Gasteiger partial charge on any atom is -0.477 e. The zero-order chi connectivity index (χ0) is 16.2. The first kappa shape index (κ1) is 15.5. The quantitative estimate of drug-likeness (QED) is 0.917. The highest BCUT2D eigenvalue weighted by Crippen LogP contribution is 2.17. The number of rotatable bonds is 5. The lowest BCUT2D eigenvalue weighted by atomic mass is 10.1. The molecule has 3 heterocycles. The van der Waals surface area contributed by atoms with Crippen LogP contribution in [0.3, 0.4) is 0 Å². The number of carbonyl (C=O) groups is 1. The zero-order valence-corrected chi connectivity index (χ0v) is 13.5. The van der Waals surface area contributed by atoms with Crippen LogP contribution in [0.2, 0.25) is 0 Å². The van der Waals surface area contributed by atoms with Gasteiger partial charge in [-0.25, -0.2) is 9.97 Å². The van der Waals surface area contributed by atoms with Gasteiger partial charge in [-0.15, -0.1) is 0 Å². The summed E-state index contributed by atoms with van der Waals surface area (Å²) in [6.45, 7) is 5.42. The van der Waals surface area contributed by atoms with Gasteiger partial charge in [0.1, 0.15) is 11.4 Å². The molecule has 6 nitrogen and oxygen atoms in total. The molecule has 0 radical (unpaired) electrons. The molecule has 1 amide bonds.